The first-order valence-electron chi connectivity index (χ1n) is 17.0. The minimum Gasteiger partial charge on any atom is -0.497 e. The number of carbonyl (C=O) groups is 3. The van der Waals surface area contributed by atoms with E-state index in [1.54, 1.807) is 36.3 Å². The molecular weight excluding hydrogens is 622 g/mol. The van der Waals surface area contributed by atoms with Gasteiger partial charge in [0.25, 0.3) is 0 Å². The number of nitrogens with two attached hydrogens (primary N) is 1. The second-order valence-electron chi connectivity index (χ2n) is 13.0. The minimum absolute atomic E-state index is 0.0239. The zero-order chi connectivity index (χ0) is 35.3. The zero-order valence-corrected chi connectivity index (χ0v) is 29.1. The number of nitrogens with one attached hydrogen (secondary N) is 2. The molecule has 0 saturated heterocycles. The van der Waals surface area contributed by atoms with Gasteiger partial charge in [0.1, 0.15) is 17.6 Å². The number of benzene rings is 3. The number of fused-ring (bicyclic) bond motifs is 1. The third-order valence-electron chi connectivity index (χ3n) is 8.85. The standard InChI is InChI=1S/C38H51N5O6/c1-26-22-43(27(2)25-44)38(47)21-29-20-30(40-36(45)12-6-5-7-13-37(46)41-33-11-9-8-10-32(33)39)16-19-34(29)49-35(26)24-42(3)23-28-14-17-31(48-4)18-15-28/h8-11,14-20,26-27,35,44H,5-7,12-13,21-25,39H2,1-4H3,(H,40,45)(H,41,46)/t26-,27-,35+/m1/s1. The van der Waals surface area contributed by atoms with E-state index >= 15 is 0 Å². The molecule has 1 aliphatic heterocycles. The SMILES string of the molecule is COc1ccc(CN(C)C[C@@H]2Oc3ccc(NC(=O)CCCCCC(=O)Nc4ccccc4N)cc3CC(=O)N([C@H](C)CO)C[C@H]2C)cc1. The molecule has 4 rings (SSSR count). The molecule has 1 aliphatic rings. The Kier molecular flexibility index (Phi) is 13.8. The van der Waals surface area contributed by atoms with Gasteiger partial charge >= 0.3 is 0 Å². The third-order valence-corrected chi connectivity index (χ3v) is 8.85. The first-order chi connectivity index (χ1) is 23.6. The van der Waals surface area contributed by atoms with E-state index in [1.165, 1.54) is 0 Å². The number of methoxy groups -OCH3 is 1. The Balaban J connectivity index is 1.36. The number of nitrogens with zero attached hydrogens (tertiary/aromatic N) is 2. The summed E-state index contributed by atoms with van der Waals surface area (Å²) in [5.41, 5.74) is 9.42. The van der Waals surface area contributed by atoms with E-state index in [0.717, 1.165) is 17.7 Å². The molecule has 0 spiro atoms. The van der Waals surface area contributed by atoms with Crippen molar-refractivity contribution in [3.63, 3.8) is 0 Å². The van der Waals surface area contributed by atoms with E-state index in [2.05, 4.69) is 22.5 Å². The average Bonchev–Trinajstić information content (AvgIpc) is 3.12. The van der Waals surface area contributed by atoms with Crippen LogP contribution in [0.25, 0.3) is 0 Å². The molecule has 11 heteroatoms. The highest BCUT2D eigenvalue weighted by molar-refractivity contribution is 5.94. The molecule has 3 atom stereocenters. The quantitative estimate of drug-likeness (QED) is 0.129. The molecule has 49 heavy (non-hydrogen) atoms. The lowest BCUT2D eigenvalue weighted by molar-refractivity contribution is -0.134. The molecule has 0 bridgehead atoms. The molecule has 0 fully saturated rings. The highest BCUT2D eigenvalue weighted by atomic mass is 16.5. The van der Waals surface area contributed by atoms with E-state index in [-0.39, 0.29) is 48.8 Å². The highest BCUT2D eigenvalue weighted by Gasteiger charge is 2.31. The van der Waals surface area contributed by atoms with Crippen molar-refractivity contribution in [2.45, 2.75) is 71.1 Å². The third kappa shape index (κ3) is 11.2. The van der Waals surface area contributed by atoms with Gasteiger partial charge in [-0.1, -0.05) is 37.6 Å². The number of para-hydroxylation sites is 2. The number of amides is 3. The molecule has 0 aliphatic carbocycles. The number of aliphatic hydroxyl groups is 1. The summed E-state index contributed by atoms with van der Waals surface area (Å²) in [6.07, 6.45) is 2.51. The average molecular weight is 674 g/mol. The normalized spacial score (nSPS) is 16.9. The van der Waals surface area contributed by atoms with Gasteiger partial charge in [0.2, 0.25) is 17.7 Å². The van der Waals surface area contributed by atoms with Crippen LogP contribution in [0.3, 0.4) is 0 Å². The predicted octanol–water partition coefficient (Wildman–Crippen LogP) is 5.09. The lowest BCUT2D eigenvalue weighted by Crippen LogP contribution is -2.47. The molecule has 264 valence electrons. The molecule has 3 aromatic carbocycles. The fourth-order valence-corrected chi connectivity index (χ4v) is 5.93. The van der Waals surface area contributed by atoms with Gasteiger partial charge in [-0.2, -0.15) is 0 Å². The number of carbonyl (C=O) groups excluding carboxylic acids is 3. The van der Waals surface area contributed by atoms with Gasteiger partial charge in [0, 0.05) is 49.6 Å². The first kappa shape index (κ1) is 37.2. The Morgan fingerprint density at radius 3 is 2.41 bits per heavy atom. The van der Waals surface area contributed by atoms with Crippen molar-refractivity contribution in [3.05, 3.63) is 77.9 Å². The Bertz CT molecular complexity index is 1550. The minimum atomic E-state index is -0.348. The number of hydrogen-bond donors (Lipinski definition) is 4. The molecule has 0 aromatic heterocycles. The maximum Gasteiger partial charge on any atom is 0.227 e. The van der Waals surface area contributed by atoms with Gasteiger partial charge in [0.05, 0.1) is 37.6 Å². The maximum absolute atomic E-state index is 13.6. The van der Waals surface area contributed by atoms with Crippen molar-refractivity contribution in [3.8, 4) is 11.5 Å². The van der Waals surface area contributed by atoms with Crippen LogP contribution in [0.2, 0.25) is 0 Å². The van der Waals surface area contributed by atoms with Gasteiger partial charge in [-0.25, -0.2) is 0 Å². The summed E-state index contributed by atoms with van der Waals surface area (Å²) in [6.45, 7) is 5.54. The smallest absolute Gasteiger partial charge is 0.227 e. The van der Waals surface area contributed by atoms with Crippen molar-refractivity contribution in [1.29, 1.82) is 0 Å². The molecule has 0 radical (unpaired) electrons. The van der Waals surface area contributed by atoms with Crippen LogP contribution in [0.5, 0.6) is 11.5 Å². The predicted molar refractivity (Wildman–Crippen MR) is 193 cm³/mol. The molecule has 3 amide bonds. The Morgan fingerprint density at radius 2 is 1.73 bits per heavy atom. The van der Waals surface area contributed by atoms with Crippen LogP contribution < -0.4 is 25.8 Å². The summed E-state index contributed by atoms with van der Waals surface area (Å²) in [7, 11) is 3.69. The number of hydrogen-bond acceptors (Lipinski definition) is 8. The van der Waals surface area contributed by atoms with E-state index in [4.69, 9.17) is 15.2 Å². The zero-order valence-electron chi connectivity index (χ0n) is 29.1. The van der Waals surface area contributed by atoms with Crippen LogP contribution >= 0.6 is 0 Å². The van der Waals surface area contributed by atoms with Crippen LogP contribution in [0.15, 0.2) is 66.7 Å². The first-order valence-corrected chi connectivity index (χ1v) is 17.0. The Morgan fingerprint density at radius 1 is 1.04 bits per heavy atom. The summed E-state index contributed by atoms with van der Waals surface area (Å²) in [6, 6.07) is 20.2. The van der Waals surface area contributed by atoms with Gasteiger partial charge in [-0.15, -0.1) is 0 Å². The van der Waals surface area contributed by atoms with Gasteiger partial charge < -0.3 is 35.8 Å². The van der Waals surface area contributed by atoms with Crippen LogP contribution in [0.1, 0.15) is 57.1 Å². The summed E-state index contributed by atoms with van der Waals surface area (Å²) in [5.74, 6) is 1.04. The van der Waals surface area contributed by atoms with Crippen LogP contribution in [0.4, 0.5) is 17.1 Å². The van der Waals surface area contributed by atoms with Crippen molar-refractivity contribution < 1.29 is 29.0 Å². The van der Waals surface area contributed by atoms with Crippen molar-refractivity contribution in [2.24, 2.45) is 5.92 Å². The summed E-state index contributed by atoms with van der Waals surface area (Å²) in [5, 5.41) is 15.7. The molecule has 0 saturated carbocycles. The van der Waals surface area contributed by atoms with Crippen molar-refractivity contribution >= 4 is 34.8 Å². The van der Waals surface area contributed by atoms with Gasteiger partial charge in [-0.05, 0) is 74.8 Å². The van der Waals surface area contributed by atoms with E-state index in [1.807, 2.05) is 56.4 Å². The van der Waals surface area contributed by atoms with E-state index in [0.29, 0.717) is 73.7 Å². The van der Waals surface area contributed by atoms with Gasteiger partial charge in [-0.3, -0.25) is 19.3 Å². The van der Waals surface area contributed by atoms with Crippen LogP contribution in [-0.4, -0.2) is 78.6 Å². The summed E-state index contributed by atoms with van der Waals surface area (Å²) >= 11 is 0. The number of aliphatic hydroxyl groups excluding tert-OH is 1. The fraction of sp³-hybridized carbons (Fsp3) is 0.447. The van der Waals surface area contributed by atoms with Gasteiger partial charge in [0.15, 0.2) is 0 Å². The largest absolute Gasteiger partial charge is 0.497 e. The molecule has 5 N–H and O–H groups in total. The molecule has 3 aromatic rings. The lowest BCUT2D eigenvalue weighted by Gasteiger charge is -2.34. The number of unbranched alkanes of at least 4 members (excludes halogenated alkanes) is 2. The molecule has 0 unspecified atom stereocenters. The van der Waals surface area contributed by atoms with Crippen LogP contribution in [0, 0.1) is 5.92 Å². The van der Waals surface area contributed by atoms with E-state index in [9.17, 15) is 19.5 Å². The number of rotatable bonds is 15. The number of ether oxygens (including phenoxy) is 2. The summed E-state index contributed by atoms with van der Waals surface area (Å²) in [4.78, 5) is 42.6. The van der Waals surface area contributed by atoms with Crippen LogP contribution in [-0.2, 0) is 27.3 Å². The monoisotopic (exact) mass is 673 g/mol. The Hall–Kier alpha value is -4.61. The maximum atomic E-state index is 13.6. The second-order valence-corrected chi connectivity index (χ2v) is 13.0. The van der Waals surface area contributed by atoms with Crippen molar-refractivity contribution in [2.75, 3.05) is 50.2 Å². The number of likely N-dealkylation sites (N-methyl/N-ethyl adjacent to an activating group) is 1. The fourth-order valence-electron chi connectivity index (χ4n) is 5.93. The van der Waals surface area contributed by atoms with Crippen molar-refractivity contribution in [1.82, 2.24) is 9.80 Å². The van der Waals surface area contributed by atoms with E-state index < -0.39 is 0 Å². The highest BCUT2D eigenvalue weighted by Crippen LogP contribution is 2.30. The Labute approximate surface area is 289 Å². The lowest BCUT2D eigenvalue weighted by atomic mass is 10.0. The molecular formula is C38H51N5O6. The summed E-state index contributed by atoms with van der Waals surface area (Å²) < 4.78 is 11.9. The molecule has 11 nitrogen and oxygen atoms in total. The second kappa shape index (κ2) is 18.2. The number of nitrogen functional groups attached to an aromatic ring is 1. The topological polar surface area (TPSA) is 146 Å². The number of anilines is 3. The molecule has 1 heterocycles.